The number of rotatable bonds is 3. The van der Waals surface area contributed by atoms with Gasteiger partial charge >= 0.3 is 0 Å². The van der Waals surface area contributed by atoms with Crippen LogP contribution in [0.15, 0.2) is 12.4 Å². The molecule has 0 bridgehead atoms. The predicted molar refractivity (Wildman–Crippen MR) is 53.6 cm³/mol. The van der Waals surface area contributed by atoms with E-state index in [0.717, 1.165) is 18.5 Å². The van der Waals surface area contributed by atoms with Crippen molar-refractivity contribution in [1.29, 1.82) is 0 Å². The second kappa shape index (κ2) is 3.37. The highest BCUT2D eigenvalue weighted by Crippen LogP contribution is 2.39. The molecular weight excluding hydrogens is 178 g/mol. The van der Waals surface area contributed by atoms with Crippen molar-refractivity contribution in [3.63, 3.8) is 0 Å². The molecule has 0 aliphatic heterocycles. The third kappa shape index (κ3) is 1.55. The van der Waals surface area contributed by atoms with Gasteiger partial charge in [0.2, 0.25) is 0 Å². The molecule has 1 aromatic rings. The Bertz CT molecular complexity index is 315. The summed E-state index contributed by atoms with van der Waals surface area (Å²) in [4.78, 5) is 0. The maximum Gasteiger partial charge on any atom is 0.0956 e. The predicted octanol–water partition coefficient (Wildman–Crippen LogP) is 0.602. The van der Waals surface area contributed by atoms with Crippen LogP contribution in [-0.2, 0) is 12.1 Å². The van der Waals surface area contributed by atoms with E-state index in [1.165, 1.54) is 0 Å². The Morgan fingerprint density at radius 3 is 3.00 bits per heavy atom. The molecule has 1 heterocycles. The fourth-order valence-corrected chi connectivity index (χ4v) is 2.00. The third-order valence-electron chi connectivity index (χ3n) is 2.82. The molecule has 0 spiro atoms. The van der Waals surface area contributed by atoms with Crippen LogP contribution in [0.2, 0.25) is 0 Å². The average Bonchev–Trinajstić information content (AvgIpc) is 2.51. The minimum absolute atomic E-state index is 0.148. The van der Waals surface area contributed by atoms with E-state index in [2.05, 4.69) is 12.0 Å². The number of aryl methyl sites for hydroxylation is 1. The van der Waals surface area contributed by atoms with Crippen molar-refractivity contribution < 1.29 is 5.11 Å². The van der Waals surface area contributed by atoms with E-state index in [-0.39, 0.29) is 6.04 Å². The first kappa shape index (κ1) is 9.68. The van der Waals surface area contributed by atoms with Gasteiger partial charge in [-0.3, -0.25) is 4.68 Å². The van der Waals surface area contributed by atoms with Crippen LogP contribution in [0.3, 0.4) is 0 Å². The van der Waals surface area contributed by atoms with Crippen molar-refractivity contribution in [2.75, 3.05) is 0 Å². The summed E-state index contributed by atoms with van der Waals surface area (Å²) >= 11 is 0. The summed E-state index contributed by atoms with van der Waals surface area (Å²) in [6.45, 7) is 3.01. The first-order valence-corrected chi connectivity index (χ1v) is 5.15. The second-order valence-electron chi connectivity index (χ2n) is 4.19. The van der Waals surface area contributed by atoms with E-state index in [4.69, 9.17) is 5.73 Å². The molecule has 3 N–H and O–H groups in total. The van der Waals surface area contributed by atoms with E-state index in [0.29, 0.717) is 12.8 Å². The van der Waals surface area contributed by atoms with Crippen LogP contribution in [0.25, 0.3) is 0 Å². The second-order valence-corrected chi connectivity index (χ2v) is 4.19. The molecule has 4 heteroatoms. The van der Waals surface area contributed by atoms with Crippen LogP contribution in [0, 0.1) is 0 Å². The van der Waals surface area contributed by atoms with E-state index >= 15 is 0 Å². The van der Waals surface area contributed by atoms with Crippen molar-refractivity contribution in [3.05, 3.63) is 18.0 Å². The van der Waals surface area contributed by atoms with Crippen LogP contribution in [0.5, 0.6) is 0 Å². The molecule has 14 heavy (non-hydrogen) atoms. The van der Waals surface area contributed by atoms with Gasteiger partial charge in [0.05, 0.1) is 11.8 Å². The normalized spacial score (nSPS) is 31.5. The number of nitrogens with zero attached hydrogens (tertiary/aromatic N) is 2. The zero-order valence-electron chi connectivity index (χ0n) is 8.48. The van der Waals surface area contributed by atoms with E-state index < -0.39 is 5.60 Å². The SMILES string of the molecule is CCCn1cc(C2(O)CC(N)C2)cn1. The standard InChI is InChI=1S/C10H17N3O/c1-2-3-13-7-8(6-12-13)10(14)4-9(11)5-10/h6-7,9,14H,2-5,11H2,1H3. The average molecular weight is 195 g/mol. The molecule has 0 saturated heterocycles. The molecule has 0 atom stereocenters. The van der Waals surface area contributed by atoms with Crippen LogP contribution in [-0.4, -0.2) is 20.9 Å². The summed E-state index contributed by atoms with van der Waals surface area (Å²) in [5.74, 6) is 0. The van der Waals surface area contributed by atoms with Gasteiger partial charge in [-0.1, -0.05) is 6.92 Å². The van der Waals surface area contributed by atoms with E-state index in [1.807, 2.05) is 10.9 Å². The smallest absolute Gasteiger partial charge is 0.0956 e. The van der Waals surface area contributed by atoms with Crippen LogP contribution in [0.1, 0.15) is 31.7 Å². The first-order chi connectivity index (χ1) is 6.64. The van der Waals surface area contributed by atoms with Crippen molar-refractivity contribution in [3.8, 4) is 0 Å². The van der Waals surface area contributed by atoms with Crippen molar-refractivity contribution in [1.82, 2.24) is 9.78 Å². The summed E-state index contributed by atoms with van der Waals surface area (Å²) in [5.41, 5.74) is 5.88. The molecule has 0 unspecified atom stereocenters. The van der Waals surface area contributed by atoms with Crippen molar-refractivity contribution >= 4 is 0 Å². The third-order valence-corrected chi connectivity index (χ3v) is 2.82. The molecule has 78 valence electrons. The molecule has 4 nitrogen and oxygen atoms in total. The largest absolute Gasteiger partial charge is 0.385 e. The summed E-state index contributed by atoms with van der Waals surface area (Å²) in [5, 5.41) is 14.3. The minimum atomic E-state index is -0.703. The van der Waals surface area contributed by atoms with Gasteiger partial charge in [0, 0.05) is 24.3 Å². The van der Waals surface area contributed by atoms with Crippen LogP contribution >= 0.6 is 0 Å². The topological polar surface area (TPSA) is 64.1 Å². The zero-order valence-corrected chi connectivity index (χ0v) is 8.48. The highest BCUT2D eigenvalue weighted by molar-refractivity contribution is 5.20. The molecule has 1 saturated carbocycles. The Balaban J connectivity index is 2.09. The van der Waals surface area contributed by atoms with Gasteiger partial charge in [0.15, 0.2) is 0 Å². The zero-order chi connectivity index (χ0) is 10.2. The van der Waals surface area contributed by atoms with Gasteiger partial charge in [-0.15, -0.1) is 0 Å². The molecule has 0 amide bonds. The highest BCUT2D eigenvalue weighted by Gasteiger charge is 2.42. The molecule has 1 aliphatic carbocycles. The van der Waals surface area contributed by atoms with Crippen LogP contribution < -0.4 is 5.73 Å². The maximum atomic E-state index is 10.1. The maximum absolute atomic E-state index is 10.1. The van der Waals surface area contributed by atoms with Gasteiger partial charge in [-0.05, 0) is 19.3 Å². The van der Waals surface area contributed by atoms with Crippen molar-refractivity contribution in [2.45, 2.75) is 44.4 Å². The van der Waals surface area contributed by atoms with Crippen LogP contribution in [0.4, 0.5) is 0 Å². The number of nitrogens with two attached hydrogens (primary N) is 1. The van der Waals surface area contributed by atoms with Gasteiger partial charge in [-0.25, -0.2) is 0 Å². The van der Waals surface area contributed by atoms with Gasteiger partial charge < -0.3 is 10.8 Å². The number of hydrogen-bond acceptors (Lipinski definition) is 3. The molecule has 0 aromatic carbocycles. The molecule has 0 radical (unpaired) electrons. The van der Waals surface area contributed by atoms with Gasteiger partial charge in [-0.2, -0.15) is 5.10 Å². The molecule has 1 aromatic heterocycles. The fourth-order valence-electron chi connectivity index (χ4n) is 2.00. The lowest BCUT2D eigenvalue weighted by Gasteiger charge is -2.41. The van der Waals surface area contributed by atoms with E-state index in [1.54, 1.807) is 6.20 Å². The minimum Gasteiger partial charge on any atom is -0.385 e. The Morgan fingerprint density at radius 1 is 1.71 bits per heavy atom. The lowest BCUT2D eigenvalue weighted by molar-refractivity contribution is -0.0523. The molecular formula is C10H17N3O. The summed E-state index contributed by atoms with van der Waals surface area (Å²) in [6, 6.07) is 0.148. The Labute approximate surface area is 83.7 Å². The molecule has 1 aliphatic rings. The number of aromatic nitrogens is 2. The Kier molecular flexibility index (Phi) is 2.33. The number of hydrogen-bond donors (Lipinski definition) is 2. The summed E-state index contributed by atoms with van der Waals surface area (Å²) in [7, 11) is 0. The summed E-state index contributed by atoms with van der Waals surface area (Å²) in [6.07, 6.45) is 6.05. The highest BCUT2D eigenvalue weighted by atomic mass is 16.3. The molecule has 2 rings (SSSR count). The van der Waals surface area contributed by atoms with E-state index in [9.17, 15) is 5.11 Å². The Morgan fingerprint density at radius 2 is 2.43 bits per heavy atom. The molecule has 1 fully saturated rings. The van der Waals surface area contributed by atoms with Gasteiger partial charge in [0.1, 0.15) is 0 Å². The fraction of sp³-hybridized carbons (Fsp3) is 0.700. The monoisotopic (exact) mass is 195 g/mol. The summed E-state index contributed by atoms with van der Waals surface area (Å²) < 4.78 is 1.87. The quantitative estimate of drug-likeness (QED) is 0.742. The van der Waals surface area contributed by atoms with Crippen molar-refractivity contribution in [2.24, 2.45) is 5.73 Å². The lowest BCUT2D eigenvalue weighted by atomic mass is 9.73. The Hall–Kier alpha value is -0.870. The van der Waals surface area contributed by atoms with Gasteiger partial charge in [0.25, 0.3) is 0 Å². The lowest BCUT2D eigenvalue weighted by Crippen LogP contribution is -2.48. The number of aliphatic hydroxyl groups is 1. The first-order valence-electron chi connectivity index (χ1n) is 5.15.